The number of alkyl halides is 3. The average molecular weight is 387 g/mol. The summed E-state index contributed by atoms with van der Waals surface area (Å²) in [5.74, 6) is -0.257. The van der Waals surface area contributed by atoms with Crippen molar-refractivity contribution in [2.75, 3.05) is 5.32 Å². The minimum absolute atomic E-state index is 0.257. The van der Waals surface area contributed by atoms with Crippen molar-refractivity contribution in [3.63, 3.8) is 0 Å². The van der Waals surface area contributed by atoms with Crippen molar-refractivity contribution in [2.24, 2.45) is 0 Å². The van der Waals surface area contributed by atoms with Crippen LogP contribution in [0.15, 0.2) is 34.8 Å². The van der Waals surface area contributed by atoms with Crippen LogP contribution in [0.2, 0.25) is 4.34 Å². The first-order valence-electron chi connectivity index (χ1n) is 5.37. The molecule has 0 radical (unpaired) electrons. The fourth-order valence-corrected chi connectivity index (χ4v) is 3.20. The van der Waals surface area contributed by atoms with Crippen LogP contribution in [0.5, 0.6) is 5.75 Å². The van der Waals surface area contributed by atoms with E-state index in [1.165, 1.54) is 29.5 Å². The summed E-state index contributed by atoms with van der Waals surface area (Å²) >= 11 is 10.6. The fourth-order valence-electron chi connectivity index (χ4n) is 1.47. The van der Waals surface area contributed by atoms with E-state index in [2.05, 4.69) is 26.0 Å². The predicted octanol–water partition coefficient (Wildman–Crippen LogP) is 5.67. The lowest BCUT2D eigenvalue weighted by molar-refractivity contribution is -0.274. The molecule has 1 aromatic carbocycles. The van der Waals surface area contributed by atoms with Crippen LogP contribution in [-0.4, -0.2) is 6.36 Å². The Morgan fingerprint density at radius 3 is 2.65 bits per heavy atom. The lowest BCUT2D eigenvalue weighted by atomic mass is 10.3. The van der Waals surface area contributed by atoms with Crippen LogP contribution < -0.4 is 10.1 Å². The third-order valence-corrected chi connectivity index (χ3v) is 4.71. The fraction of sp³-hybridized carbons (Fsp3) is 0.167. The van der Waals surface area contributed by atoms with Gasteiger partial charge in [-0.1, -0.05) is 17.7 Å². The van der Waals surface area contributed by atoms with Gasteiger partial charge < -0.3 is 10.1 Å². The zero-order chi connectivity index (χ0) is 14.8. The minimum Gasteiger partial charge on any atom is -0.406 e. The van der Waals surface area contributed by atoms with Crippen molar-refractivity contribution in [1.29, 1.82) is 0 Å². The Balaban J connectivity index is 2.01. The van der Waals surface area contributed by atoms with E-state index < -0.39 is 6.36 Å². The summed E-state index contributed by atoms with van der Waals surface area (Å²) in [5, 5.41) is 3.01. The van der Waals surface area contributed by atoms with Gasteiger partial charge in [0.1, 0.15) is 10.1 Å². The molecule has 20 heavy (non-hydrogen) atoms. The molecule has 0 atom stereocenters. The second-order valence-electron chi connectivity index (χ2n) is 3.76. The molecular weight excluding hydrogens is 379 g/mol. The third kappa shape index (κ3) is 4.57. The molecule has 1 aromatic heterocycles. The number of halogens is 5. The molecule has 0 saturated heterocycles. The molecule has 0 unspecified atom stereocenters. The molecule has 0 bridgehead atoms. The second kappa shape index (κ2) is 6.24. The molecule has 0 aliphatic rings. The summed E-state index contributed by atoms with van der Waals surface area (Å²) in [6.07, 6.45) is -4.69. The van der Waals surface area contributed by atoms with Gasteiger partial charge in [-0.15, -0.1) is 24.5 Å². The number of hydrogen-bond acceptors (Lipinski definition) is 3. The number of benzene rings is 1. The molecule has 0 spiro atoms. The van der Waals surface area contributed by atoms with E-state index in [0.717, 1.165) is 9.35 Å². The summed E-state index contributed by atoms with van der Waals surface area (Å²) in [6, 6.07) is 7.54. The van der Waals surface area contributed by atoms with Crippen LogP contribution in [0.25, 0.3) is 0 Å². The van der Waals surface area contributed by atoms with Gasteiger partial charge in [0.15, 0.2) is 0 Å². The Labute approximate surface area is 130 Å². The first kappa shape index (κ1) is 15.5. The van der Waals surface area contributed by atoms with Crippen LogP contribution in [0, 0.1) is 0 Å². The predicted molar refractivity (Wildman–Crippen MR) is 77.5 cm³/mol. The van der Waals surface area contributed by atoms with Crippen LogP contribution >= 0.6 is 38.9 Å². The maximum atomic E-state index is 12.1. The summed E-state index contributed by atoms with van der Waals surface area (Å²) in [6.45, 7) is 0.464. The zero-order valence-corrected chi connectivity index (χ0v) is 13.0. The van der Waals surface area contributed by atoms with E-state index in [-0.39, 0.29) is 5.75 Å². The lowest BCUT2D eigenvalue weighted by Crippen LogP contribution is -2.17. The van der Waals surface area contributed by atoms with Crippen molar-refractivity contribution in [3.05, 3.63) is 44.0 Å². The molecule has 1 N–H and O–H groups in total. The highest BCUT2D eigenvalue weighted by Crippen LogP contribution is 2.32. The lowest BCUT2D eigenvalue weighted by Gasteiger charge is -2.10. The standard InChI is InChI=1S/C12H8BrClF3NOS/c13-10-5-9(20-11(10)14)6-18-7-2-1-3-8(4-7)19-12(15,16)17/h1-5,18H,6H2. The van der Waals surface area contributed by atoms with Gasteiger partial charge in [-0.3, -0.25) is 0 Å². The maximum Gasteiger partial charge on any atom is 0.573 e. The highest BCUT2D eigenvalue weighted by atomic mass is 79.9. The highest BCUT2D eigenvalue weighted by molar-refractivity contribution is 9.10. The van der Waals surface area contributed by atoms with Gasteiger partial charge in [0.05, 0.1) is 0 Å². The van der Waals surface area contributed by atoms with Crippen molar-refractivity contribution in [1.82, 2.24) is 0 Å². The Bertz CT molecular complexity index is 583. The third-order valence-electron chi connectivity index (χ3n) is 2.23. The first-order valence-corrected chi connectivity index (χ1v) is 7.35. The Kier molecular flexibility index (Phi) is 4.82. The number of hydrogen-bond donors (Lipinski definition) is 1. The van der Waals surface area contributed by atoms with Gasteiger partial charge >= 0.3 is 6.36 Å². The molecule has 2 aromatic rings. The van der Waals surface area contributed by atoms with Gasteiger partial charge in [-0.25, -0.2) is 0 Å². The summed E-state index contributed by atoms with van der Waals surface area (Å²) in [4.78, 5) is 0.962. The van der Waals surface area contributed by atoms with Gasteiger partial charge in [0.25, 0.3) is 0 Å². The molecule has 2 rings (SSSR count). The summed E-state index contributed by atoms with van der Waals surface area (Å²) in [5.41, 5.74) is 0.535. The number of nitrogens with one attached hydrogen (secondary N) is 1. The number of rotatable bonds is 4. The molecule has 0 aliphatic carbocycles. The Morgan fingerprint density at radius 1 is 1.30 bits per heavy atom. The number of ether oxygens (including phenoxy) is 1. The molecule has 108 valence electrons. The quantitative estimate of drug-likeness (QED) is 0.730. The van der Waals surface area contributed by atoms with E-state index in [1.54, 1.807) is 6.07 Å². The topological polar surface area (TPSA) is 21.3 Å². The van der Waals surface area contributed by atoms with Crippen molar-refractivity contribution >= 4 is 44.6 Å². The van der Waals surface area contributed by atoms with Crippen molar-refractivity contribution in [3.8, 4) is 5.75 Å². The van der Waals surface area contributed by atoms with Crippen molar-refractivity contribution in [2.45, 2.75) is 12.9 Å². The van der Waals surface area contributed by atoms with E-state index >= 15 is 0 Å². The van der Waals surface area contributed by atoms with Gasteiger partial charge in [-0.05, 0) is 34.1 Å². The Hall–Kier alpha value is -0.920. The van der Waals surface area contributed by atoms with Gasteiger partial charge in [0.2, 0.25) is 0 Å². The second-order valence-corrected chi connectivity index (χ2v) is 6.36. The molecule has 0 saturated carbocycles. The van der Waals surface area contributed by atoms with Crippen LogP contribution in [0.4, 0.5) is 18.9 Å². The molecule has 8 heteroatoms. The smallest absolute Gasteiger partial charge is 0.406 e. The Morgan fingerprint density at radius 2 is 2.05 bits per heavy atom. The maximum absolute atomic E-state index is 12.1. The summed E-state index contributed by atoms with van der Waals surface area (Å²) < 4.78 is 41.6. The van der Waals surface area contributed by atoms with Crippen LogP contribution in [0.1, 0.15) is 4.88 Å². The van der Waals surface area contributed by atoms with Crippen molar-refractivity contribution < 1.29 is 17.9 Å². The molecule has 0 amide bonds. The monoisotopic (exact) mass is 385 g/mol. The minimum atomic E-state index is -4.69. The van der Waals surface area contributed by atoms with Crippen LogP contribution in [-0.2, 0) is 6.54 Å². The van der Waals surface area contributed by atoms with Crippen LogP contribution in [0.3, 0.4) is 0 Å². The average Bonchev–Trinajstić information content (AvgIpc) is 2.65. The molecule has 0 aliphatic heterocycles. The largest absolute Gasteiger partial charge is 0.573 e. The van der Waals surface area contributed by atoms with E-state index in [1.807, 2.05) is 6.07 Å². The normalized spacial score (nSPS) is 11.4. The zero-order valence-electron chi connectivity index (χ0n) is 9.80. The molecule has 1 heterocycles. The van der Waals surface area contributed by atoms with Gasteiger partial charge in [0, 0.05) is 27.6 Å². The molecular formula is C12H8BrClF3NOS. The highest BCUT2D eigenvalue weighted by Gasteiger charge is 2.31. The summed E-state index contributed by atoms with van der Waals surface area (Å²) in [7, 11) is 0. The number of thiophene rings is 1. The van der Waals surface area contributed by atoms with Gasteiger partial charge in [-0.2, -0.15) is 0 Å². The number of anilines is 1. The molecule has 2 nitrogen and oxygen atoms in total. The van der Waals surface area contributed by atoms with E-state index in [9.17, 15) is 13.2 Å². The van der Waals surface area contributed by atoms with E-state index in [4.69, 9.17) is 11.6 Å². The SMILES string of the molecule is FC(F)(F)Oc1cccc(NCc2cc(Br)c(Cl)s2)c1. The molecule has 0 fully saturated rings. The van der Waals surface area contributed by atoms with E-state index in [0.29, 0.717) is 16.6 Å². The first-order chi connectivity index (χ1) is 9.33.